The Labute approximate surface area is 128 Å². The Morgan fingerprint density at radius 3 is 2.48 bits per heavy atom. The molecule has 120 valence electrons. The lowest BCUT2D eigenvalue weighted by Gasteiger charge is -2.08. The molecule has 0 saturated heterocycles. The molecule has 0 amide bonds. The van der Waals surface area contributed by atoms with Crippen molar-refractivity contribution in [2.45, 2.75) is 18.2 Å². The van der Waals surface area contributed by atoms with E-state index in [2.05, 4.69) is 9.46 Å². The smallest absolute Gasteiger partial charge is 0.349 e. The summed E-state index contributed by atoms with van der Waals surface area (Å²) in [5, 5.41) is 1.55. The normalized spacial score (nSPS) is 12.3. The van der Waals surface area contributed by atoms with Crippen molar-refractivity contribution in [1.29, 1.82) is 0 Å². The summed E-state index contributed by atoms with van der Waals surface area (Å²) in [5.74, 6) is -0.827. The van der Waals surface area contributed by atoms with E-state index >= 15 is 0 Å². The molecule has 7 nitrogen and oxygen atoms in total. The lowest BCUT2D eigenvalue weighted by Crippen LogP contribution is -2.27. The largest absolute Gasteiger partial charge is 0.465 e. The summed E-state index contributed by atoms with van der Waals surface area (Å²) in [6.45, 7) is 1.55. The van der Waals surface area contributed by atoms with Crippen LogP contribution >= 0.6 is 11.3 Å². The summed E-state index contributed by atoms with van der Waals surface area (Å²) < 4.78 is 53.3. The molecule has 10 heteroatoms. The Morgan fingerprint density at radius 1 is 1.33 bits per heavy atom. The highest BCUT2D eigenvalue weighted by Gasteiger charge is 2.27. The van der Waals surface area contributed by atoms with Gasteiger partial charge in [-0.25, -0.2) is 26.4 Å². The topological polar surface area (TPSA) is 107 Å². The van der Waals surface area contributed by atoms with Crippen molar-refractivity contribution < 1.29 is 26.4 Å². The number of rotatable bonds is 7. The van der Waals surface area contributed by atoms with Gasteiger partial charge in [0.2, 0.25) is 10.0 Å². The van der Waals surface area contributed by atoms with E-state index in [0.717, 1.165) is 17.6 Å². The predicted octanol–water partition coefficient (Wildman–Crippen LogP) is 0.556. The van der Waals surface area contributed by atoms with E-state index in [4.69, 9.17) is 0 Å². The van der Waals surface area contributed by atoms with Gasteiger partial charge in [0.1, 0.15) is 19.6 Å². The molecular formula is C11H17NO6S3. The Balaban J connectivity index is 2.89. The zero-order valence-corrected chi connectivity index (χ0v) is 14.3. The number of carbonyl (C=O) groups excluding carboxylic acids is 1. The number of hydrogen-bond donors (Lipinski definition) is 1. The van der Waals surface area contributed by atoms with Crippen molar-refractivity contribution in [3.8, 4) is 0 Å². The lowest BCUT2D eigenvalue weighted by molar-refractivity contribution is 0.0602. The Bertz CT molecular complexity index is 717. The van der Waals surface area contributed by atoms with E-state index in [-0.39, 0.29) is 28.5 Å². The number of carbonyl (C=O) groups is 1. The molecule has 1 aromatic heterocycles. The molecule has 0 aliphatic heterocycles. The van der Waals surface area contributed by atoms with Crippen molar-refractivity contribution in [1.82, 2.24) is 4.72 Å². The number of ether oxygens (including phenoxy) is 1. The second kappa shape index (κ2) is 6.86. The molecule has 1 heterocycles. The highest BCUT2D eigenvalue weighted by Crippen LogP contribution is 2.27. The third kappa shape index (κ3) is 5.06. The number of sulfone groups is 1. The number of thiophene rings is 1. The zero-order chi connectivity index (χ0) is 16.3. The van der Waals surface area contributed by atoms with Crippen molar-refractivity contribution in [2.75, 3.05) is 25.7 Å². The van der Waals surface area contributed by atoms with Gasteiger partial charge in [-0.3, -0.25) is 0 Å². The molecule has 0 aliphatic rings. The van der Waals surface area contributed by atoms with Crippen molar-refractivity contribution >= 4 is 37.2 Å². The summed E-state index contributed by atoms with van der Waals surface area (Å²) in [7, 11) is -5.85. The van der Waals surface area contributed by atoms with Crippen LogP contribution in [0.15, 0.2) is 10.3 Å². The summed E-state index contributed by atoms with van der Waals surface area (Å²) in [6.07, 6.45) is 1.24. The lowest BCUT2D eigenvalue weighted by atomic mass is 10.3. The van der Waals surface area contributed by atoms with Crippen molar-refractivity contribution in [2.24, 2.45) is 0 Å². The van der Waals surface area contributed by atoms with Crippen LogP contribution in [0.2, 0.25) is 0 Å². The first-order valence-electron chi connectivity index (χ1n) is 5.92. The second-order valence-corrected chi connectivity index (χ2v) is 9.29. The van der Waals surface area contributed by atoms with Crippen LogP contribution in [0.25, 0.3) is 0 Å². The van der Waals surface area contributed by atoms with Crippen molar-refractivity contribution in [3.63, 3.8) is 0 Å². The third-order valence-electron chi connectivity index (χ3n) is 2.54. The van der Waals surface area contributed by atoms with Gasteiger partial charge in [0.05, 0.1) is 12.9 Å². The van der Waals surface area contributed by atoms with Gasteiger partial charge in [-0.2, -0.15) is 0 Å². The highest BCUT2D eigenvalue weighted by atomic mass is 32.2. The standard InChI is InChI=1S/C11H17NO6S3/c1-8-7-19-9(11(13)18-2)10(8)21(16,17)12-5-4-6-20(3,14)15/h7,12H,4-6H2,1-3H3. The Kier molecular flexibility index (Phi) is 5.91. The molecule has 1 aromatic rings. The van der Waals surface area contributed by atoms with Crippen LogP contribution in [0.3, 0.4) is 0 Å². The highest BCUT2D eigenvalue weighted by molar-refractivity contribution is 7.90. The summed E-state index contributed by atoms with van der Waals surface area (Å²) in [4.78, 5) is 11.5. The maximum absolute atomic E-state index is 12.2. The van der Waals surface area contributed by atoms with Gasteiger partial charge in [-0.15, -0.1) is 11.3 Å². The van der Waals surface area contributed by atoms with Crippen LogP contribution in [0.5, 0.6) is 0 Å². The van der Waals surface area contributed by atoms with Crippen LogP contribution < -0.4 is 4.72 Å². The number of aryl methyl sites for hydroxylation is 1. The summed E-state index contributed by atoms with van der Waals surface area (Å²) in [5.41, 5.74) is 0.441. The first kappa shape index (κ1) is 18.1. The molecule has 1 rings (SSSR count). The molecule has 0 atom stereocenters. The van der Waals surface area contributed by atoms with Gasteiger partial charge < -0.3 is 4.74 Å². The van der Waals surface area contributed by atoms with Gasteiger partial charge in [-0.05, 0) is 24.3 Å². The van der Waals surface area contributed by atoms with Gasteiger partial charge in [0.25, 0.3) is 0 Å². The molecule has 0 aromatic carbocycles. The molecule has 0 bridgehead atoms. The first-order chi connectivity index (χ1) is 9.58. The van der Waals surface area contributed by atoms with Gasteiger partial charge in [0.15, 0.2) is 0 Å². The molecule has 0 unspecified atom stereocenters. The molecule has 0 saturated carbocycles. The van der Waals surface area contributed by atoms with Crippen LogP contribution in [-0.2, 0) is 24.6 Å². The van der Waals surface area contributed by atoms with Crippen LogP contribution in [0.4, 0.5) is 0 Å². The summed E-state index contributed by atoms with van der Waals surface area (Å²) in [6, 6.07) is 0. The fourth-order valence-corrected chi connectivity index (χ4v) is 5.06. The average Bonchev–Trinajstić information content (AvgIpc) is 2.75. The van der Waals surface area contributed by atoms with Crippen LogP contribution in [0, 0.1) is 6.92 Å². The number of esters is 1. The fraction of sp³-hybridized carbons (Fsp3) is 0.545. The molecule has 21 heavy (non-hydrogen) atoms. The molecular weight excluding hydrogens is 338 g/mol. The first-order valence-corrected chi connectivity index (χ1v) is 10.3. The average molecular weight is 355 g/mol. The van der Waals surface area contributed by atoms with E-state index in [0.29, 0.717) is 5.56 Å². The number of nitrogens with one attached hydrogen (secondary N) is 1. The molecule has 0 fully saturated rings. The quantitative estimate of drug-likeness (QED) is 0.566. The predicted molar refractivity (Wildman–Crippen MR) is 79.9 cm³/mol. The molecule has 0 aliphatic carbocycles. The van der Waals surface area contributed by atoms with Gasteiger partial charge >= 0.3 is 5.97 Å². The van der Waals surface area contributed by atoms with E-state index < -0.39 is 25.8 Å². The minimum absolute atomic E-state index is 0.00520. The van der Waals surface area contributed by atoms with Gasteiger partial charge in [0, 0.05) is 12.8 Å². The van der Waals surface area contributed by atoms with Crippen LogP contribution in [-0.4, -0.2) is 48.5 Å². The van der Waals surface area contributed by atoms with Crippen molar-refractivity contribution in [3.05, 3.63) is 15.8 Å². The number of hydrogen-bond acceptors (Lipinski definition) is 7. The molecule has 0 spiro atoms. The maximum Gasteiger partial charge on any atom is 0.349 e. The van der Waals surface area contributed by atoms with E-state index in [9.17, 15) is 21.6 Å². The number of methoxy groups -OCH3 is 1. The fourth-order valence-electron chi connectivity index (χ4n) is 1.61. The molecule has 0 radical (unpaired) electrons. The minimum atomic E-state index is -3.89. The van der Waals surface area contributed by atoms with E-state index in [1.165, 1.54) is 7.11 Å². The Hall–Kier alpha value is -0.970. The monoisotopic (exact) mass is 355 g/mol. The van der Waals surface area contributed by atoms with E-state index in [1.54, 1.807) is 12.3 Å². The zero-order valence-electron chi connectivity index (χ0n) is 11.9. The third-order valence-corrected chi connectivity index (χ3v) is 6.43. The SMILES string of the molecule is COC(=O)c1scc(C)c1S(=O)(=O)NCCCS(C)(=O)=O. The van der Waals surface area contributed by atoms with Gasteiger partial charge in [-0.1, -0.05) is 0 Å². The molecule has 1 N–H and O–H groups in total. The summed E-state index contributed by atoms with van der Waals surface area (Å²) >= 11 is 0.990. The second-order valence-electron chi connectivity index (χ2n) is 4.45. The number of sulfonamides is 1. The minimum Gasteiger partial charge on any atom is -0.465 e. The Morgan fingerprint density at radius 2 is 1.95 bits per heavy atom. The van der Waals surface area contributed by atoms with Crippen LogP contribution in [0.1, 0.15) is 21.7 Å². The maximum atomic E-state index is 12.2. The van der Waals surface area contributed by atoms with E-state index in [1.807, 2.05) is 0 Å².